The van der Waals surface area contributed by atoms with Gasteiger partial charge >= 0.3 is 0 Å². The van der Waals surface area contributed by atoms with Crippen molar-refractivity contribution in [3.63, 3.8) is 0 Å². The highest BCUT2D eigenvalue weighted by molar-refractivity contribution is 5.80. The molecule has 6 heteroatoms. The van der Waals surface area contributed by atoms with Crippen LogP contribution in [0.2, 0.25) is 0 Å². The molecule has 1 aromatic carbocycles. The van der Waals surface area contributed by atoms with Crippen molar-refractivity contribution in [2.75, 3.05) is 31.1 Å². The highest BCUT2D eigenvalue weighted by Crippen LogP contribution is 2.26. The lowest BCUT2D eigenvalue weighted by molar-refractivity contribution is -0.128. The second-order valence-corrected chi connectivity index (χ2v) is 6.73. The molecule has 2 aromatic heterocycles. The van der Waals surface area contributed by atoms with Crippen LogP contribution in [-0.4, -0.2) is 51.5 Å². The third kappa shape index (κ3) is 3.03. The SMILES string of the molecule is CC(=O)N1CCCN(c2cc(-c3nc4ccccc4n3C)ccn2)CC1. The zero-order chi connectivity index (χ0) is 18.1. The van der Waals surface area contributed by atoms with Crippen molar-refractivity contribution in [3.8, 4) is 11.4 Å². The molecule has 1 saturated heterocycles. The minimum atomic E-state index is 0.147. The van der Waals surface area contributed by atoms with Crippen molar-refractivity contribution in [1.29, 1.82) is 0 Å². The second-order valence-electron chi connectivity index (χ2n) is 6.73. The van der Waals surface area contributed by atoms with Gasteiger partial charge in [0.1, 0.15) is 11.6 Å². The van der Waals surface area contributed by atoms with Crippen LogP contribution in [0.4, 0.5) is 5.82 Å². The molecule has 3 aromatic rings. The molecular weight excluding hydrogens is 326 g/mol. The average Bonchev–Trinajstić information content (AvgIpc) is 2.84. The van der Waals surface area contributed by atoms with E-state index in [0.717, 1.165) is 60.8 Å². The van der Waals surface area contributed by atoms with Crippen LogP contribution in [-0.2, 0) is 11.8 Å². The summed E-state index contributed by atoms with van der Waals surface area (Å²) in [4.78, 5) is 25.2. The Labute approximate surface area is 153 Å². The molecule has 26 heavy (non-hydrogen) atoms. The first-order chi connectivity index (χ1) is 12.6. The standard InChI is InChI=1S/C20H23N5O/c1-15(26)24-10-5-11-25(13-12-24)19-14-16(8-9-21-19)20-22-17-6-3-4-7-18(17)23(20)2/h3-4,6-9,14H,5,10-13H2,1-2H3. The molecule has 1 aliphatic heterocycles. The number of nitrogens with zero attached hydrogens (tertiary/aromatic N) is 5. The van der Waals surface area contributed by atoms with Crippen LogP contribution in [0, 0.1) is 0 Å². The number of rotatable bonds is 2. The number of para-hydroxylation sites is 2. The highest BCUT2D eigenvalue weighted by atomic mass is 16.2. The van der Waals surface area contributed by atoms with E-state index in [1.165, 1.54) is 0 Å². The molecule has 134 valence electrons. The van der Waals surface area contributed by atoms with Crippen LogP contribution in [0.1, 0.15) is 13.3 Å². The van der Waals surface area contributed by atoms with Gasteiger partial charge in [-0.15, -0.1) is 0 Å². The summed E-state index contributed by atoms with van der Waals surface area (Å²) >= 11 is 0. The van der Waals surface area contributed by atoms with E-state index in [0.29, 0.717) is 0 Å². The van der Waals surface area contributed by atoms with Crippen molar-refractivity contribution in [1.82, 2.24) is 19.4 Å². The molecule has 4 rings (SSSR count). The van der Waals surface area contributed by atoms with Crippen molar-refractivity contribution in [3.05, 3.63) is 42.6 Å². The molecule has 0 radical (unpaired) electrons. The summed E-state index contributed by atoms with van der Waals surface area (Å²) in [5.41, 5.74) is 3.17. The Hall–Kier alpha value is -2.89. The van der Waals surface area contributed by atoms with Crippen LogP contribution in [0.3, 0.4) is 0 Å². The number of hydrogen-bond donors (Lipinski definition) is 0. The monoisotopic (exact) mass is 349 g/mol. The molecule has 0 saturated carbocycles. The predicted octanol–water partition coefficient (Wildman–Crippen LogP) is 2.69. The van der Waals surface area contributed by atoms with E-state index in [1.807, 2.05) is 42.4 Å². The van der Waals surface area contributed by atoms with E-state index in [4.69, 9.17) is 4.98 Å². The van der Waals surface area contributed by atoms with Gasteiger partial charge in [0.2, 0.25) is 5.91 Å². The summed E-state index contributed by atoms with van der Waals surface area (Å²) in [5.74, 6) is 2.03. The number of carbonyl (C=O) groups is 1. The quantitative estimate of drug-likeness (QED) is 0.714. The first kappa shape index (κ1) is 16.6. The van der Waals surface area contributed by atoms with Gasteiger partial charge in [-0.2, -0.15) is 0 Å². The van der Waals surface area contributed by atoms with Gasteiger partial charge in [0, 0.05) is 51.9 Å². The zero-order valence-corrected chi connectivity index (χ0v) is 15.2. The maximum Gasteiger partial charge on any atom is 0.219 e. The smallest absolute Gasteiger partial charge is 0.219 e. The highest BCUT2D eigenvalue weighted by Gasteiger charge is 2.18. The molecule has 0 atom stereocenters. The molecule has 1 aliphatic rings. The van der Waals surface area contributed by atoms with Gasteiger partial charge in [0.05, 0.1) is 11.0 Å². The molecule has 0 unspecified atom stereocenters. The zero-order valence-electron chi connectivity index (χ0n) is 15.2. The first-order valence-electron chi connectivity index (χ1n) is 9.02. The molecular formula is C20H23N5O. The average molecular weight is 349 g/mol. The maximum atomic E-state index is 11.6. The lowest BCUT2D eigenvalue weighted by Gasteiger charge is -2.22. The second kappa shape index (κ2) is 6.78. The maximum absolute atomic E-state index is 11.6. The van der Waals surface area contributed by atoms with Gasteiger partial charge in [0.15, 0.2) is 0 Å². The molecule has 1 fully saturated rings. The van der Waals surface area contributed by atoms with Gasteiger partial charge in [-0.25, -0.2) is 9.97 Å². The fourth-order valence-corrected chi connectivity index (χ4v) is 3.60. The van der Waals surface area contributed by atoms with E-state index >= 15 is 0 Å². The number of amides is 1. The number of anilines is 1. The Morgan fingerprint density at radius 1 is 1.08 bits per heavy atom. The largest absolute Gasteiger partial charge is 0.355 e. The van der Waals surface area contributed by atoms with Gasteiger partial charge in [0.25, 0.3) is 0 Å². The number of pyridine rings is 1. The lowest BCUT2D eigenvalue weighted by Crippen LogP contribution is -2.33. The van der Waals surface area contributed by atoms with Crippen molar-refractivity contribution >= 4 is 22.8 Å². The van der Waals surface area contributed by atoms with Crippen molar-refractivity contribution in [2.24, 2.45) is 7.05 Å². The first-order valence-corrected chi connectivity index (χ1v) is 9.02. The summed E-state index contributed by atoms with van der Waals surface area (Å²) in [6, 6.07) is 12.3. The van der Waals surface area contributed by atoms with Crippen molar-refractivity contribution in [2.45, 2.75) is 13.3 Å². The van der Waals surface area contributed by atoms with E-state index in [9.17, 15) is 4.79 Å². The minimum absolute atomic E-state index is 0.147. The van der Waals surface area contributed by atoms with Crippen molar-refractivity contribution < 1.29 is 4.79 Å². The van der Waals surface area contributed by atoms with Crippen LogP contribution in [0.5, 0.6) is 0 Å². The molecule has 6 nitrogen and oxygen atoms in total. The van der Waals surface area contributed by atoms with E-state index in [2.05, 4.69) is 26.6 Å². The number of aromatic nitrogens is 3. The summed E-state index contributed by atoms with van der Waals surface area (Å²) in [6.45, 7) is 4.91. The predicted molar refractivity (Wildman–Crippen MR) is 103 cm³/mol. The number of benzene rings is 1. The Bertz CT molecular complexity index is 948. The Kier molecular flexibility index (Phi) is 4.32. The third-order valence-electron chi connectivity index (χ3n) is 5.06. The van der Waals surface area contributed by atoms with Gasteiger partial charge < -0.3 is 14.4 Å². The van der Waals surface area contributed by atoms with E-state index in [1.54, 1.807) is 6.92 Å². The molecule has 0 N–H and O–H groups in total. The fourth-order valence-electron chi connectivity index (χ4n) is 3.60. The van der Waals surface area contributed by atoms with E-state index < -0.39 is 0 Å². The Morgan fingerprint density at radius 3 is 2.73 bits per heavy atom. The number of aryl methyl sites for hydroxylation is 1. The van der Waals surface area contributed by atoms with Crippen LogP contribution in [0.15, 0.2) is 42.6 Å². The van der Waals surface area contributed by atoms with Gasteiger partial charge in [-0.05, 0) is 30.7 Å². The topological polar surface area (TPSA) is 54.3 Å². The summed E-state index contributed by atoms with van der Waals surface area (Å²) < 4.78 is 2.12. The normalized spacial score (nSPS) is 15.3. The summed E-state index contributed by atoms with van der Waals surface area (Å²) in [6.07, 6.45) is 2.80. The lowest BCUT2D eigenvalue weighted by atomic mass is 10.2. The van der Waals surface area contributed by atoms with E-state index in [-0.39, 0.29) is 5.91 Å². The van der Waals surface area contributed by atoms with Gasteiger partial charge in [-0.1, -0.05) is 12.1 Å². The molecule has 0 spiro atoms. The minimum Gasteiger partial charge on any atom is -0.355 e. The Balaban J connectivity index is 1.64. The molecule has 3 heterocycles. The molecule has 0 aliphatic carbocycles. The Morgan fingerprint density at radius 2 is 1.92 bits per heavy atom. The summed E-state index contributed by atoms with van der Waals surface area (Å²) in [7, 11) is 2.04. The number of fused-ring (bicyclic) bond motifs is 1. The number of hydrogen-bond acceptors (Lipinski definition) is 4. The van der Waals surface area contributed by atoms with Gasteiger partial charge in [-0.3, -0.25) is 4.79 Å². The molecule has 1 amide bonds. The van der Waals surface area contributed by atoms with Crippen LogP contribution in [0.25, 0.3) is 22.4 Å². The fraction of sp³-hybridized carbons (Fsp3) is 0.350. The van der Waals surface area contributed by atoms with Crippen LogP contribution >= 0.6 is 0 Å². The molecule has 0 bridgehead atoms. The number of imidazole rings is 1. The third-order valence-corrected chi connectivity index (χ3v) is 5.06. The summed E-state index contributed by atoms with van der Waals surface area (Å²) in [5, 5.41) is 0. The van der Waals surface area contributed by atoms with Crippen LogP contribution < -0.4 is 4.90 Å². The number of carbonyl (C=O) groups excluding carboxylic acids is 1.